The molecule has 212 valence electrons. The largest absolute Gasteiger partial charge is 0.461 e. The zero-order valence-corrected chi connectivity index (χ0v) is 24.2. The third-order valence-electron chi connectivity index (χ3n) is 10.1. The predicted octanol–water partition coefficient (Wildman–Crippen LogP) is 7.13. The number of nitrogens with zero attached hydrogens (tertiary/aromatic N) is 5. The maximum atomic E-state index is 16.6. The van der Waals surface area contributed by atoms with Crippen LogP contribution in [0, 0.1) is 23.6 Å². The molecular weight excluding hydrogens is 537 g/mol. The van der Waals surface area contributed by atoms with Crippen molar-refractivity contribution in [1.29, 1.82) is 0 Å². The Morgan fingerprint density at radius 3 is 2.71 bits per heavy atom. The van der Waals surface area contributed by atoms with Crippen molar-refractivity contribution in [3.8, 4) is 17.3 Å². The summed E-state index contributed by atoms with van der Waals surface area (Å²) in [5, 5.41) is 2.94. The number of piperidine rings is 1. The highest BCUT2D eigenvalue weighted by molar-refractivity contribution is 6.36. The van der Waals surface area contributed by atoms with Gasteiger partial charge in [-0.25, -0.2) is 4.39 Å². The van der Waals surface area contributed by atoms with Crippen LogP contribution in [-0.4, -0.2) is 58.2 Å². The molecular formula is C33H35ClFN5O. The number of aromatic nitrogens is 3. The molecule has 3 saturated heterocycles. The third-order valence-corrected chi connectivity index (χ3v) is 10.4. The fourth-order valence-electron chi connectivity index (χ4n) is 8.41. The minimum Gasteiger partial charge on any atom is -0.461 e. The Balaban J connectivity index is 1.25. The topological polar surface area (TPSA) is 54.4 Å². The van der Waals surface area contributed by atoms with Gasteiger partial charge in [0.1, 0.15) is 23.6 Å². The normalized spacial score (nSPS) is 27.7. The van der Waals surface area contributed by atoms with Crippen LogP contribution in [0.25, 0.3) is 32.9 Å². The molecule has 0 spiro atoms. The van der Waals surface area contributed by atoms with E-state index in [9.17, 15) is 0 Å². The summed E-state index contributed by atoms with van der Waals surface area (Å²) >= 11 is 6.62. The second kappa shape index (κ2) is 9.77. The highest BCUT2D eigenvalue weighted by Crippen LogP contribution is 2.43. The first kappa shape index (κ1) is 25.7. The molecule has 5 heterocycles. The van der Waals surface area contributed by atoms with E-state index in [1.165, 1.54) is 25.7 Å². The first-order valence-corrected chi connectivity index (χ1v) is 15.5. The summed E-state index contributed by atoms with van der Waals surface area (Å²) < 4.78 is 23.1. The molecule has 0 N–H and O–H groups in total. The van der Waals surface area contributed by atoms with Gasteiger partial charge in [-0.1, -0.05) is 48.9 Å². The molecule has 0 amide bonds. The molecule has 3 aliphatic heterocycles. The average Bonchev–Trinajstić information content (AvgIpc) is 3.62. The molecule has 6 nitrogen and oxygen atoms in total. The number of halogens is 2. The van der Waals surface area contributed by atoms with E-state index in [2.05, 4.69) is 21.7 Å². The van der Waals surface area contributed by atoms with Gasteiger partial charge in [0, 0.05) is 41.8 Å². The SMILES string of the molecule is C[C@H]1CN2CCC[C@@]2(COc2nc(N3CC4CCC(C4)C3)c3cnc(-c4cccc5cccc(Cl)c45)c(F)c3n2)C1. The lowest BCUT2D eigenvalue weighted by molar-refractivity contribution is 0.107. The Morgan fingerprint density at radius 2 is 1.88 bits per heavy atom. The standard InChI is InChI=1S/C33H35ClFN5O/c1-20-14-33(11-4-12-40(33)16-20)19-41-32-37-30-25(31(38-32)39-17-21-9-10-22(13-21)18-39)15-36-29(28(30)35)24-7-2-5-23-6-3-8-26(34)27(23)24/h2-3,5-8,15,20-22H,4,9-14,16-19H2,1H3/t20-,21?,22?,33+/m1/s1. The molecule has 41 heavy (non-hydrogen) atoms. The van der Waals surface area contributed by atoms with Crippen LogP contribution in [0.4, 0.5) is 10.2 Å². The summed E-state index contributed by atoms with van der Waals surface area (Å²) in [5.41, 5.74) is 1.20. The second-order valence-electron chi connectivity index (χ2n) is 13.0. The molecule has 2 unspecified atom stereocenters. The second-order valence-corrected chi connectivity index (χ2v) is 13.4. The van der Waals surface area contributed by atoms with E-state index in [1.54, 1.807) is 6.20 Å². The van der Waals surface area contributed by atoms with Crippen LogP contribution < -0.4 is 9.64 Å². The molecule has 4 aliphatic rings. The lowest BCUT2D eigenvalue weighted by Crippen LogP contribution is -2.43. The molecule has 2 bridgehead atoms. The highest BCUT2D eigenvalue weighted by Gasteiger charge is 2.48. The zero-order valence-electron chi connectivity index (χ0n) is 23.5. The van der Waals surface area contributed by atoms with E-state index in [0.29, 0.717) is 40.3 Å². The van der Waals surface area contributed by atoms with Crippen LogP contribution in [0.1, 0.15) is 45.4 Å². The van der Waals surface area contributed by atoms with Crippen LogP contribution in [0.2, 0.25) is 5.02 Å². The number of ether oxygens (including phenoxy) is 1. The number of hydrogen-bond donors (Lipinski definition) is 0. The van der Waals surface area contributed by atoms with Crippen molar-refractivity contribution >= 4 is 39.1 Å². The molecule has 4 atom stereocenters. The quantitative estimate of drug-likeness (QED) is 0.254. The third kappa shape index (κ3) is 4.26. The lowest BCUT2D eigenvalue weighted by atomic mass is 9.92. The summed E-state index contributed by atoms with van der Waals surface area (Å²) in [4.78, 5) is 19.3. The summed E-state index contributed by atoms with van der Waals surface area (Å²) in [6.07, 6.45) is 8.96. The summed E-state index contributed by atoms with van der Waals surface area (Å²) in [7, 11) is 0. The summed E-state index contributed by atoms with van der Waals surface area (Å²) in [6, 6.07) is 11.8. The van der Waals surface area contributed by atoms with Gasteiger partial charge in [-0.3, -0.25) is 9.88 Å². The van der Waals surface area contributed by atoms with Gasteiger partial charge in [-0.2, -0.15) is 9.97 Å². The van der Waals surface area contributed by atoms with Gasteiger partial charge in [0.25, 0.3) is 0 Å². The van der Waals surface area contributed by atoms with Crippen molar-refractivity contribution in [3.63, 3.8) is 0 Å². The Bertz CT molecular complexity index is 1650. The molecule has 1 saturated carbocycles. The molecule has 2 aromatic carbocycles. The van der Waals surface area contributed by atoms with Gasteiger partial charge in [-0.15, -0.1) is 0 Å². The number of pyridine rings is 1. The Morgan fingerprint density at radius 1 is 1.07 bits per heavy atom. The summed E-state index contributed by atoms with van der Waals surface area (Å²) in [5.74, 6) is 2.25. The van der Waals surface area contributed by atoms with E-state index < -0.39 is 5.82 Å². The molecule has 0 radical (unpaired) electrons. The maximum absolute atomic E-state index is 16.6. The molecule has 8 heteroatoms. The molecule has 4 aromatic rings. The van der Waals surface area contributed by atoms with Crippen molar-refractivity contribution in [2.24, 2.45) is 17.8 Å². The van der Waals surface area contributed by atoms with E-state index >= 15 is 4.39 Å². The van der Waals surface area contributed by atoms with Crippen molar-refractivity contribution in [2.75, 3.05) is 37.7 Å². The van der Waals surface area contributed by atoms with Gasteiger partial charge in [0.2, 0.25) is 0 Å². The summed E-state index contributed by atoms with van der Waals surface area (Å²) in [6.45, 7) is 6.94. The van der Waals surface area contributed by atoms with Crippen LogP contribution in [0.5, 0.6) is 6.01 Å². The zero-order chi connectivity index (χ0) is 27.7. The van der Waals surface area contributed by atoms with Crippen LogP contribution in [0.15, 0.2) is 42.6 Å². The van der Waals surface area contributed by atoms with Crippen LogP contribution >= 0.6 is 11.6 Å². The van der Waals surface area contributed by atoms with Crippen LogP contribution in [0.3, 0.4) is 0 Å². The number of hydrogen-bond acceptors (Lipinski definition) is 6. The minimum absolute atomic E-state index is 0.0315. The monoisotopic (exact) mass is 571 g/mol. The van der Waals surface area contributed by atoms with Gasteiger partial charge in [0.05, 0.1) is 10.9 Å². The Hall–Kier alpha value is -3.03. The molecule has 1 aliphatic carbocycles. The number of fused-ring (bicyclic) bond motifs is 5. The first-order valence-electron chi connectivity index (χ1n) is 15.1. The van der Waals surface area contributed by atoms with Gasteiger partial charge in [0.15, 0.2) is 5.82 Å². The van der Waals surface area contributed by atoms with Gasteiger partial charge >= 0.3 is 6.01 Å². The van der Waals surface area contributed by atoms with Crippen molar-refractivity contribution < 1.29 is 9.13 Å². The highest BCUT2D eigenvalue weighted by atomic mass is 35.5. The molecule has 4 fully saturated rings. The number of rotatable bonds is 5. The van der Waals surface area contributed by atoms with Gasteiger partial charge < -0.3 is 9.64 Å². The maximum Gasteiger partial charge on any atom is 0.319 e. The fourth-order valence-corrected chi connectivity index (χ4v) is 8.69. The van der Waals surface area contributed by atoms with Gasteiger partial charge in [-0.05, 0) is 74.3 Å². The Kier molecular flexibility index (Phi) is 6.12. The minimum atomic E-state index is -0.460. The lowest BCUT2D eigenvalue weighted by Gasteiger charge is -2.34. The molecule has 2 aromatic heterocycles. The molecule has 8 rings (SSSR count). The van der Waals surface area contributed by atoms with E-state index in [1.807, 2.05) is 36.4 Å². The number of benzene rings is 2. The van der Waals surface area contributed by atoms with Crippen molar-refractivity contribution in [2.45, 2.75) is 51.0 Å². The average molecular weight is 572 g/mol. The van der Waals surface area contributed by atoms with Crippen molar-refractivity contribution in [3.05, 3.63) is 53.4 Å². The number of anilines is 1. The predicted molar refractivity (Wildman–Crippen MR) is 161 cm³/mol. The van der Waals surface area contributed by atoms with E-state index in [0.717, 1.165) is 55.6 Å². The smallest absolute Gasteiger partial charge is 0.319 e. The Labute approximate surface area is 244 Å². The first-order chi connectivity index (χ1) is 20.0. The van der Waals surface area contributed by atoms with Crippen LogP contribution in [-0.2, 0) is 0 Å². The van der Waals surface area contributed by atoms with Crippen molar-refractivity contribution in [1.82, 2.24) is 19.9 Å². The van der Waals surface area contributed by atoms with E-state index in [4.69, 9.17) is 26.3 Å². The fraction of sp³-hybridized carbons (Fsp3) is 0.485. The van der Waals surface area contributed by atoms with E-state index in [-0.39, 0.29) is 22.8 Å².